The second kappa shape index (κ2) is 11.8. The maximum atomic E-state index is 14.2. The summed E-state index contributed by atoms with van der Waals surface area (Å²) in [6.07, 6.45) is 0.585. The van der Waals surface area contributed by atoms with Crippen LogP contribution in [0.5, 0.6) is 0 Å². The SMILES string of the molecule is Cc1ccc2nc(C(F)F)n(-c3cc(N4CCOCC4)nc(NC4CCC(NC(=O)CN(C)C)CC4)n3)c2c1. The molecule has 1 amide bonds. The van der Waals surface area contributed by atoms with Gasteiger partial charge in [0.15, 0.2) is 5.82 Å². The fourth-order valence-electron chi connectivity index (χ4n) is 5.27. The number of amides is 1. The lowest BCUT2D eigenvalue weighted by atomic mass is 9.91. The van der Waals surface area contributed by atoms with Gasteiger partial charge in [-0.15, -0.1) is 0 Å². The molecule has 0 atom stereocenters. The topological polar surface area (TPSA) is 100 Å². The van der Waals surface area contributed by atoms with Crippen molar-refractivity contribution in [3.05, 3.63) is 35.7 Å². The van der Waals surface area contributed by atoms with E-state index in [0.29, 0.717) is 61.5 Å². The maximum Gasteiger partial charge on any atom is 0.296 e. The molecule has 10 nitrogen and oxygen atoms in total. The molecule has 1 aliphatic carbocycles. The van der Waals surface area contributed by atoms with Crippen LogP contribution < -0.4 is 15.5 Å². The number of aromatic nitrogens is 4. The summed E-state index contributed by atoms with van der Waals surface area (Å²) in [6, 6.07) is 7.47. The van der Waals surface area contributed by atoms with Crippen LogP contribution in [0.25, 0.3) is 16.9 Å². The van der Waals surface area contributed by atoms with Crippen LogP contribution in [-0.2, 0) is 9.53 Å². The van der Waals surface area contributed by atoms with Crippen LogP contribution >= 0.6 is 0 Å². The number of hydrogen-bond donors (Lipinski definition) is 2. The molecule has 2 aromatic heterocycles. The molecule has 1 aliphatic heterocycles. The first-order valence-corrected chi connectivity index (χ1v) is 13.5. The zero-order valence-electron chi connectivity index (χ0n) is 22.7. The van der Waals surface area contributed by atoms with E-state index >= 15 is 0 Å². The van der Waals surface area contributed by atoms with Gasteiger partial charge in [-0.05, 0) is 64.4 Å². The molecular weight excluding hydrogens is 506 g/mol. The maximum absolute atomic E-state index is 14.2. The first-order valence-electron chi connectivity index (χ1n) is 13.5. The minimum Gasteiger partial charge on any atom is -0.378 e. The Bertz CT molecular complexity index is 1300. The predicted octanol–water partition coefficient (Wildman–Crippen LogP) is 3.30. The smallest absolute Gasteiger partial charge is 0.296 e. The van der Waals surface area contributed by atoms with E-state index in [-0.39, 0.29) is 23.8 Å². The molecule has 2 fully saturated rings. The number of morpholine rings is 1. The van der Waals surface area contributed by atoms with Gasteiger partial charge in [-0.2, -0.15) is 9.97 Å². The molecule has 1 saturated carbocycles. The monoisotopic (exact) mass is 542 g/mol. The summed E-state index contributed by atoms with van der Waals surface area (Å²) in [5.74, 6) is 1.08. The molecule has 39 heavy (non-hydrogen) atoms. The van der Waals surface area contributed by atoms with Crippen molar-refractivity contribution in [1.29, 1.82) is 0 Å². The van der Waals surface area contributed by atoms with Crippen molar-refractivity contribution in [2.45, 2.75) is 51.1 Å². The Kier molecular flexibility index (Phi) is 8.22. The molecule has 0 radical (unpaired) electrons. The minimum absolute atomic E-state index is 0.0280. The van der Waals surface area contributed by atoms with E-state index in [2.05, 4.69) is 20.5 Å². The van der Waals surface area contributed by atoms with Crippen molar-refractivity contribution < 1.29 is 18.3 Å². The Morgan fingerprint density at radius 1 is 1.05 bits per heavy atom. The Morgan fingerprint density at radius 2 is 1.74 bits per heavy atom. The second-order valence-corrected chi connectivity index (χ2v) is 10.6. The van der Waals surface area contributed by atoms with E-state index in [1.807, 2.05) is 38.1 Å². The number of carbonyl (C=O) groups is 1. The van der Waals surface area contributed by atoms with Gasteiger partial charge in [-0.3, -0.25) is 9.36 Å². The highest BCUT2D eigenvalue weighted by atomic mass is 19.3. The number of imidazole rings is 1. The number of benzene rings is 1. The van der Waals surface area contributed by atoms with Crippen molar-refractivity contribution in [2.24, 2.45) is 0 Å². The Hall–Kier alpha value is -3.38. The van der Waals surface area contributed by atoms with Gasteiger partial charge < -0.3 is 25.2 Å². The molecular formula is C27H36F2N8O2. The summed E-state index contributed by atoms with van der Waals surface area (Å²) >= 11 is 0. The van der Waals surface area contributed by atoms with Gasteiger partial charge in [-0.25, -0.2) is 13.8 Å². The fourth-order valence-corrected chi connectivity index (χ4v) is 5.27. The number of alkyl halides is 2. The highest BCUT2D eigenvalue weighted by Crippen LogP contribution is 2.30. The summed E-state index contributed by atoms with van der Waals surface area (Å²) in [6.45, 7) is 4.73. The molecule has 5 rings (SSSR count). The standard InChI is InChI=1S/C27H36F2N8O2/c1-17-4-9-20-21(14-17)37(26(32-20)25(28)29)23-15-22(36-10-12-39-13-11-36)33-27(34-23)31-19-7-5-18(6-8-19)30-24(38)16-35(2)3/h4,9,14-15,18-19,25H,5-8,10-13,16H2,1-3H3,(H,30,38)(H,31,33,34). The summed E-state index contributed by atoms with van der Waals surface area (Å²) in [4.78, 5) is 29.8. The van der Waals surface area contributed by atoms with Crippen LogP contribution in [0.3, 0.4) is 0 Å². The largest absolute Gasteiger partial charge is 0.378 e. The number of carbonyl (C=O) groups excluding carboxylic acids is 1. The van der Waals surface area contributed by atoms with E-state index < -0.39 is 6.43 Å². The van der Waals surface area contributed by atoms with Crippen molar-refractivity contribution in [3.8, 4) is 5.82 Å². The van der Waals surface area contributed by atoms with Crippen LogP contribution in [0, 0.1) is 6.92 Å². The fraction of sp³-hybridized carbons (Fsp3) is 0.556. The molecule has 3 aromatic rings. The quantitative estimate of drug-likeness (QED) is 0.447. The first kappa shape index (κ1) is 27.2. The van der Waals surface area contributed by atoms with E-state index in [4.69, 9.17) is 14.7 Å². The third kappa shape index (κ3) is 6.44. The van der Waals surface area contributed by atoms with E-state index in [1.165, 1.54) is 4.57 Å². The third-order valence-corrected chi connectivity index (χ3v) is 7.18. The van der Waals surface area contributed by atoms with Crippen LogP contribution in [0.15, 0.2) is 24.3 Å². The number of aryl methyl sites for hydroxylation is 1. The molecule has 12 heteroatoms. The Balaban J connectivity index is 1.42. The molecule has 3 heterocycles. The normalized spacial score (nSPS) is 20.1. The first-order chi connectivity index (χ1) is 18.8. The second-order valence-electron chi connectivity index (χ2n) is 10.6. The van der Waals surface area contributed by atoms with Crippen molar-refractivity contribution >= 4 is 28.7 Å². The molecule has 1 aromatic carbocycles. The Labute approximate surface area is 226 Å². The van der Waals surface area contributed by atoms with E-state index in [9.17, 15) is 13.6 Å². The molecule has 0 spiro atoms. The lowest BCUT2D eigenvalue weighted by Crippen LogP contribution is -2.43. The predicted molar refractivity (Wildman–Crippen MR) is 146 cm³/mol. The van der Waals surface area contributed by atoms with Gasteiger partial charge in [-0.1, -0.05) is 6.07 Å². The summed E-state index contributed by atoms with van der Waals surface area (Å²) in [5.41, 5.74) is 2.02. The highest BCUT2D eigenvalue weighted by Gasteiger charge is 2.26. The zero-order chi connectivity index (χ0) is 27.5. The molecule has 210 valence electrons. The molecule has 1 saturated heterocycles. The van der Waals surface area contributed by atoms with E-state index in [1.54, 1.807) is 12.1 Å². The number of ether oxygens (including phenoxy) is 1. The molecule has 2 N–H and O–H groups in total. The number of rotatable bonds is 8. The van der Waals surface area contributed by atoms with Gasteiger partial charge in [0.25, 0.3) is 6.43 Å². The number of anilines is 2. The molecule has 2 aliphatic rings. The lowest BCUT2D eigenvalue weighted by molar-refractivity contribution is -0.122. The number of hydrogen-bond acceptors (Lipinski definition) is 8. The zero-order valence-corrected chi connectivity index (χ0v) is 22.7. The van der Waals surface area contributed by atoms with Crippen molar-refractivity contribution in [3.63, 3.8) is 0 Å². The average molecular weight is 543 g/mol. The Morgan fingerprint density at radius 3 is 2.44 bits per heavy atom. The van der Waals surface area contributed by atoms with Gasteiger partial charge in [0.1, 0.15) is 11.6 Å². The lowest BCUT2D eigenvalue weighted by Gasteiger charge is -2.31. The minimum atomic E-state index is -2.77. The number of likely N-dealkylation sites (N-methyl/N-ethyl adjacent to an activating group) is 1. The van der Waals surface area contributed by atoms with Gasteiger partial charge >= 0.3 is 0 Å². The van der Waals surface area contributed by atoms with Crippen LogP contribution in [-0.4, -0.2) is 89.4 Å². The highest BCUT2D eigenvalue weighted by molar-refractivity contribution is 5.79. The van der Waals surface area contributed by atoms with Gasteiger partial charge in [0, 0.05) is 31.2 Å². The van der Waals surface area contributed by atoms with Gasteiger partial charge in [0.05, 0.1) is 30.8 Å². The number of halogens is 2. The van der Waals surface area contributed by atoms with Crippen molar-refractivity contribution in [1.82, 2.24) is 29.7 Å². The third-order valence-electron chi connectivity index (χ3n) is 7.18. The van der Waals surface area contributed by atoms with Crippen molar-refractivity contribution in [2.75, 3.05) is 57.2 Å². The van der Waals surface area contributed by atoms with Crippen LogP contribution in [0.4, 0.5) is 20.5 Å². The van der Waals surface area contributed by atoms with E-state index in [0.717, 1.165) is 31.2 Å². The van der Waals surface area contributed by atoms with Gasteiger partial charge in [0.2, 0.25) is 11.9 Å². The van der Waals surface area contributed by atoms with Crippen LogP contribution in [0.1, 0.15) is 43.5 Å². The number of fused-ring (bicyclic) bond motifs is 1. The van der Waals surface area contributed by atoms with Crippen LogP contribution in [0.2, 0.25) is 0 Å². The summed E-state index contributed by atoms with van der Waals surface area (Å²) < 4.78 is 35.3. The number of nitrogens with zero attached hydrogens (tertiary/aromatic N) is 6. The molecule has 0 unspecified atom stereocenters. The number of nitrogens with one attached hydrogen (secondary N) is 2. The summed E-state index contributed by atoms with van der Waals surface area (Å²) in [7, 11) is 3.75. The summed E-state index contributed by atoms with van der Waals surface area (Å²) in [5, 5.41) is 6.57. The molecule has 0 bridgehead atoms. The average Bonchev–Trinajstić information content (AvgIpc) is 3.29.